The fourth-order valence-corrected chi connectivity index (χ4v) is 2.34. The van der Waals surface area contributed by atoms with E-state index in [0.29, 0.717) is 5.82 Å². The molecule has 16 heavy (non-hydrogen) atoms. The van der Waals surface area contributed by atoms with Crippen molar-refractivity contribution in [3.05, 3.63) is 12.0 Å². The molecule has 0 spiro atoms. The number of carbonyl (C=O) groups is 1. The second-order valence-corrected chi connectivity index (χ2v) is 4.94. The van der Waals surface area contributed by atoms with E-state index in [1.54, 1.807) is 13.8 Å². The number of sulfonamides is 1. The Hall–Kier alpha value is -1.41. The van der Waals surface area contributed by atoms with E-state index in [1.807, 2.05) is 0 Å². The van der Waals surface area contributed by atoms with Gasteiger partial charge in [-0.2, -0.15) is 4.72 Å². The number of hydrogen-bond acceptors (Lipinski definition) is 4. The Kier molecular flexibility index (Phi) is 3.66. The van der Waals surface area contributed by atoms with Crippen molar-refractivity contribution in [3.8, 4) is 0 Å². The maximum Gasteiger partial charge on any atom is 0.321 e. The lowest BCUT2D eigenvalue weighted by Gasteiger charge is -2.11. The molecule has 0 saturated carbocycles. The quantitative estimate of drug-likeness (QED) is 0.670. The van der Waals surface area contributed by atoms with Crippen LogP contribution in [-0.2, 0) is 14.8 Å². The van der Waals surface area contributed by atoms with Gasteiger partial charge < -0.3 is 10.1 Å². The highest BCUT2D eigenvalue weighted by Gasteiger charge is 2.24. The van der Waals surface area contributed by atoms with Crippen molar-refractivity contribution < 1.29 is 18.3 Å². The van der Waals surface area contributed by atoms with Crippen LogP contribution in [0.2, 0.25) is 0 Å². The van der Waals surface area contributed by atoms with Gasteiger partial charge in [0.2, 0.25) is 0 Å². The maximum atomic E-state index is 11.7. The summed E-state index contributed by atoms with van der Waals surface area (Å²) < 4.78 is 25.4. The van der Waals surface area contributed by atoms with Crippen LogP contribution in [0.25, 0.3) is 0 Å². The first-order chi connectivity index (χ1) is 7.36. The molecule has 1 aromatic heterocycles. The fraction of sp³-hybridized carbons (Fsp3) is 0.500. The van der Waals surface area contributed by atoms with Gasteiger partial charge in [-0.15, -0.1) is 0 Å². The van der Waals surface area contributed by atoms with Crippen molar-refractivity contribution in [1.82, 2.24) is 14.7 Å². The van der Waals surface area contributed by atoms with Crippen LogP contribution < -0.4 is 4.72 Å². The summed E-state index contributed by atoms with van der Waals surface area (Å²) in [5, 5.41) is 8.60. The van der Waals surface area contributed by atoms with Crippen molar-refractivity contribution in [3.63, 3.8) is 0 Å². The number of carboxylic acids is 1. The van der Waals surface area contributed by atoms with E-state index >= 15 is 0 Å². The summed E-state index contributed by atoms with van der Waals surface area (Å²) in [4.78, 5) is 17.0. The van der Waals surface area contributed by atoms with Gasteiger partial charge in [0.1, 0.15) is 11.9 Å². The third-order valence-electron chi connectivity index (χ3n) is 1.97. The van der Waals surface area contributed by atoms with Crippen molar-refractivity contribution in [2.75, 3.05) is 0 Å². The number of nitrogens with one attached hydrogen (secondary N) is 2. The summed E-state index contributed by atoms with van der Waals surface area (Å²) in [5.74, 6) is -0.758. The molecule has 0 aromatic carbocycles. The molecule has 0 radical (unpaired) electrons. The van der Waals surface area contributed by atoms with E-state index in [1.165, 1.54) is 0 Å². The number of aryl methyl sites for hydroxylation is 1. The van der Waals surface area contributed by atoms with Crippen molar-refractivity contribution in [1.29, 1.82) is 0 Å². The number of nitrogens with zero attached hydrogens (tertiary/aromatic N) is 1. The second-order valence-electron chi connectivity index (χ2n) is 3.25. The number of imidazole rings is 1. The van der Waals surface area contributed by atoms with E-state index in [2.05, 4.69) is 14.7 Å². The average molecular weight is 247 g/mol. The number of hydrogen-bond donors (Lipinski definition) is 3. The Labute approximate surface area is 93.0 Å². The number of aliphatic carboxylic acids is 1. The minimum Gasteiger partial charge on any atom is -0.480 e. The first kappa shape index (κ1) is 12.7. The van der Waals surface area contributed by atoms with Gasteiger partial charge in [-0.05, 0) is 13.3 Å². The Morgan fingerprint density at radius 2 is 2.31 bits per heavy atom. The first-order valence-electron chi connectivity index (χ1n) is 4.63. The topological polar surface area (TPSA) is 112 Å². The van der Waals surface area contributed by atoms with Crippen LogP contribution in [0.4, 0.5) is 0 Å². The zero-order valence-corrected chi connectivity index (χ0v) is 9.71. The van der Waals surface area contributed by atoms with Gasteiger partial charge in [0.15, 0.2) is 5.03 Å². The molecule has 0 aliphatic rings. The first-order valence-corrected chi connectivity index (χ1v) is 6.12. The zero-order valence-electron chi connectivity index (χ0n) is 8.89. The summed E-state index contributed by atoms with van der Waals surface area (Å²) in [6.45, 7) is 3.19. The third-order valence-corrected chi connectivity index (χ3v) is 3.35. The predicted octanol–water partition coefficient (Wildman–Crippen LogP) is -0.140. The van der Waals surface area contributed by atoms with E-state index in [0.717, 1.165) is 6.20 Å². The standard InChI is InChI=1S/C8H13N3O4S/c1-3-6(8(12)13)11-16(14,15)7-4-9-5(2)10-7/h4,6,11H,3H2,1-2H3,(H,9,10)(H,12,13)/t6-/m0/s1. The van der Waals surface area contributed by atoms with Crippen LogP contribution in [-0.4, -0.2) is 35.5 Å². The number of aromatic amines is 1. The molecule has 0 amide bonds. The Morgan fingerprint density at radius 1 is 1.69 bits per heavy atom. The van der Waals surface area contributed by atoms with Gasteiger partial charge >= 0.3 is 5.97 Å². The largest absolute Gasteiger partial charge is 0.480 e. The highest BCUT2D eigenvalue weighted by Crippen LogP contribution is 2.06. The summed E-state index contributed by atoms with van der Waals surface area (Å²) in [6.07, 6.45) is 1.31. The van der Waals surface area contributed by atoms with E-state index in [-0.39, 0.29) is 11.4 Å². The Balaban J connectivity index is 2.91. The maximum absolute atomic E-state index is 11.7. The van der Waals surface area contributed by atoms with Gasteiger partial charge in [-0.3, -0.25) is 4.79 Å². The van der Waals surface area contributed by atoms with Gasteiger partial charge in [-0.25, -0.2) is 13.4 Å². The molecule has 0 bridgehead atoms. The normalized spacial score (nSPS) is 13.6. The smallest absolute Gasteiger partial charge is 0.321 e. The van der Waals surface area contributed by atoms with Crippen molar-refractivity contribution >= 4 is 16.0 Å². The van der Waals surface area contributed by atoms with Gasteiger partial charge in [-0.1, -0.05) is 6.92 Å². The lowest BCUT2D eigenvalue weighted by atomic mass is 10.2. The van der Waals surface area contributed by atoms with E-state index in [4.69, 9.17) is 5.11 Å². The molecule has 8 heteroatoms. The fourth-order valence-electron chi connectivity index (χ4n) is 1.09. The van der Waals surface area contributed by atoms with Crippen LogP contribution in [0.1, 0.15) is 19.2 Å². The van der Waals surface area contributed by atoms with E-state index in [9.17, 15) is 13.2 Å². The monoisotopic (exact) mass is 247 g/mol. The lowest BCUT2D eigenvalue weighted by Crippen LogP contribution is -2.40. The van der Waals surface area contributed by atoms with Crippen LogP contribution in [0.15, 0.2) is 11.2 Å². The molecule has 0 unspecified atom stereocenters. The highest BCUT2D eigenvalue weighted by molar-refractivity contribution is 7.89. The van der Waals surface area contributed by atoms with Crippen LogP contribution in [0.3, 0.4) is 0 Å². The molecule has 1 heterocycles. The summed E-state index contributed by atoms with van der Waals surface area (Å²) in [7, 11) is -3.84. The minimum absolute atomic E-state index is 0.135. The molecular weight excluding hydrogens is 234 g/mol. The molecule has 0 saturated heterocycles. The molecule has 1 rings (SSSR count). The molecule has 90 valence electrons. The van der Waals surface area contributed by atoms with Crippen LogP contribution in [0.5, 0.6) is 0 Å². The molecule has 1 aromatic rings. The summed E-state index contributed by atoms with van der Waals surface area (Å²) in [6, 6.07) is -1.13. The number of H-pyrrole nitrogens is 1. The zero-order chi connectivity index (χ0) is 12.3. The number of carboxylic acid groups (broad SMARTS) is 1. The van der Waals surface area contributed by atoms with Crippen molar-refractivity contribution in [2.45, 2.75) is 31.3 Å². The highest BCUT2D eigenvalue weighted by atomic mass is 32.2. The van der Waals surface area contributed by atoms with E-state index < -0.39 is 22.0 Å². The minimum atomic E-state index is -3.84. The lowest BCUT2D eigenvalue weighted by molar-refractivity contribution is -0.139. The van der Waals surface area contributed by atoms with Crippen molar-refractivity contribution in [2.24, 2.45) is 0 Å². The molecule has 0 aliphatic heterocycles. The second kappa shape index (κ2) is 4.62. The van der Waals surface area contributed by atoms with Crippen LogP contribution in [0, 0.1) is 6.92 Å². The molecule has 7 nitrogen and oxygen atoms in total. The third kappa shape index (κ3) is 2.80. The Morgan fingerprint density at radius 3 is 2.69 bits per heavy atom. The van der Waals surface area contributed by atoms with Gasteiger partial charge in [0, 0.05) is 0 Å². The molecule has 1 atom stereocenters. The van der Waals surface area contributed by atoms with Gasteiger partial charge in [0.05, 0.1) is 6.20 Å². The molecular formula is C8H13N3O4S. The predicted molar refractivity (Wildman–Crippen MR) is 55.4 cm³/mol. The average Bonchev–Trinajstić information content (AvgIpc) is 2.61. The number of aromatic nitrogens is 2. The summed E-state index contributed by atoms with van der Waals surface area (Å²) in [5.41, 5.74) is 0. The molecule has 3 N–H and O–H groups in total. The molecule has 0 fully saturated rings. The van der Waals surface area contributed by atoms with Crippen LogP contribution >= 0.6 is 0 Å². The number of rotatable bonds is 5. The SMILES string of the molecule is CC[C@H](NS(=O)(=O)c1cnc(C)[nH]1)C(=O)O. The Bertz CT molecular complexity index is 479. The van der Waals surface area contributed by atoms with Gasteiger partial charge in [0.25, 0.3) is 10.0 Å². The molecule has 0 aliphatic carbocycles. The summed E-state index contributed by atoms with van der Waals surface area (Å²) >= 11 is 0.